The molecule has 5 heteroatoms. The number of nitrogens with zero attached hydrogens (tertiary/aromatic N) is 1. The highest BCUT2D eigenvalue weighted by Gasteiger charge is 2.32. The molecule has 2 amide bonds. The lowest BCUT2D eigenvalue weighted by atomic mass is 9.86. The Hall–Kier alpha value is -1.36. The van der Waals surface area contributed by atoms with Crippen molar-refractivity contribution in [3.05, 3.63) is 21.9 Å². The van der Waals surface area contributed by atoms with Gasteiger partial charge in [0.1, 0.15) is 0 Å². The molecular formula is C13H16N2O2S. The van der Waals surface area contributed by atoms with Gasteiger partial charge in [-0.2, -0.15) is 0 Å². The van der Waals surface area contributed by atoms with E-state index in [0.29, 0.717) is 13.1 Å². The molecule has 0 bridgehead atoms. The van der Waals surface area contributed by atoms with Crippen LogP contribution in [0.15, 0.2) is 11.4 Å². The molecule has 1 aliphatic carbocycles. The summed E-state index contributed by atoms with van der Waals surface area (Å²) in [4.78, 5) is 26.9. The van der Waals surface area contributed by atoms with Crippen molar-refractivity contribution in [3.63, 3.8) is 0 Å². The molecule has 1 saturated heterocycles. The minimum absolute atomic E-state index is 0.0223. The van der Waals surface area contributed by atoms with E-state index in [9.17, 15) is 9.59 Å². The standard InChI is InChI=1S/C13H16N2O2S/c16-12-8-15(6-5-14-12)13(17)10-2-1-3-11-9(10)4-7-18-11/h4,7,10H,1-3,5-6,8H2,(H,14,16). The molecule has 2 heterocycles. The number of hydrogen-bond donors (Lipinski definition) is 1. The van der Waals surface area contributed by atoms with Crippen LogP contribution in [0.1, 0.15) is 29.2 Å². The summed E-state index contributed by atoms with van der Waals surface area (Å²) >= 11 is 1.74. The lowest BCUT2D eigenvalue weighted by molar-refractivity contribution is -0.139. The van der Waals surface area contributed by atoms with Gasteiger partial charge in [-0.25, -0.2) is 0 Å². The smallest absolute Gasteiger partial charge is 0.239 e. The molecule has 1 aromatic heterocycles. The number of amides is 2. The van der Waals surface area contributed by atoms with E-state index < -0.39 is 0 Å². The van der Waals surface area contributed by atoms with Gasteiger partial charge in [0.25, 0.3) is 0 Å². The van der Waals surface area contributed by atoms with Gasteiger partial charge in [0.2, 0.25) is 11.8 Å². The summed E-state index contributed by atoms with van der Waals surface area (Å²) in [6.45, 7) is 1.43. The molecule has 0 radical (unpaired) electrons. The van der Waals surface area contributed by atoms with Gasteiger partial charge in [-0.1, -0.05) is 0 Å². The van der Waals surface area contributed by atoms with E-state index in [1.54, 1.807) is 16.2 Å². The fraction of sp³-hybridized carbons (Fsp3) is 0.538. The maximum absolute atomic E-state index is 12.5. The summed E-state index contributed by atoms with van der Waals surface area (Å²) < 4.78 is 0. The predicted molar refractivity (Wildman–Crippen MR) is 69.6 cm³/mol. The highest BCUT2D eigenvalue weighted by Crippen LogP contribution is 2.36. The molecule has 1 N–H and O–H groups in total. The van der Waals surface area contributed by atoms with E-state index in [0.717, 1.165) is 19.3 Å². The van der Waals surface area contributed by atoms with E-state index in [4.69, 9.17) is 0 Å². The van der Waals surface area contributed by atoms with Crippen molar-refractivity contribution in [2.75, 3.05) is 19.6 Å². The van der Waals surface area contributed by atoms with Gasteiger partial charge in [-0.15, -0.1) is 11.3 Å². The zero-order valence-corrected chi connectivity index (χ0v) is 11.0. The number of thiophene rings is 1. The van der Waals surface area contributed by atoms with Crippen molar-refractivity contribution in [1.29, 1.82) is 0 Å². The number of aryl methyl sites for hydroxylation is 1. The minimum Gasteiger partial charge on any atom is -0.353 e. The lowest BCUT2D eigenvalue weighted by Crippen LogP contribution is -2.51. The first kappa shape index (κ1) is 11.7. The molecule has 0 aromatic carbocycles. The van der Waals surface area contributed by atoms with E-state index in [1.807, 2.05) is 0 Å². The van der Waals surface area contributed by atoms with Gasteiger partial charge in [-0.3, -0.25) is 9.59 Å². The SMILES string of the molecule is O=C1CN(C(=O)C2CCCc3sccc32)CCN1. The molecule has 96 valence electrons. The largest absolute Gasteiger partial charge is 0.353 e. The van der Waals surface area contributed by atoms with E-state index in [1.165, 1.54) is 10.4 Å². The molecule has 1 aliphatic heterocycles. The number of rotatable bonds is 1. The zero-order chi connectivity index (χ0) is 12.5. The number of carbonyl (C=O) groups excluding carboxylic acids is 2. The molecule has 3 rings (SSSR count). The second kappa shape index (κ2) is 4.72. The Bertz CT molecular complexity index is 483. The van der Waals surface area contributed by atoms with Gasteiger partial charge in [0.05, 0.1) is 12.5 Å². The van der Waals surface area contributed by atoms with Crippen LogP contribution in [-0.4, -0.2) is 36.3 Å². The molecule has 2 aliphatic rings. The van der Waals surface area contributed by atoms with Gasteiger partial charge in [0.15, 0.2) is 0 Å². The van der Waals surface area contributed by atoms with Crippen LogP contribution >= 0.6 is 11.3 Å². The fourth-order valence-corrected chi connectivity index (χ4v) is 3.78. The Morgan fingerprint density at radius 1 is 1.50 bits per heavy atom. The Balaban J connectivity index is 1.79. The van der Waals surface area contributed by atoms with Crippen LogP contribution in [0, 0.1) is 0 Å². The molecular weight excluding hydrogens is 248 g/mol. The Kier molecular flexibility index (Phi) is 3.07. The second-order valence-electron chi connectivity index (χ2n) is 4.85. The zero-order valence-electron chi connectivity index (χ0n) is 10.1. The van der Waals surface area contributed by atoms with Crippen molar-refractivity contribution >= 4 is 23.2 Å². The first-order chi connectivity index (χ1) is 8.75. The van der Waals surface area contributed by atoms with E-state index >= 15 is 0 Å². The predicted octanol–water partition coefficient (Wildman–Crippen LogP) is 1.13. The summed E-state index contributed by atoms with van der Waals surface area (Å²) in [5, 5.41) is 4.82. The first-order valence-corrected chi connectivity index (χ1v) is 7.25. The Morgan fingerprint density at radius 2 is 2.39 bits per heavy atom. The summed E-state index contributed by atoms with van der Waals surface area (Å²) in [6.07, 6.45) is 3.09. The molecule has 1 unspecified atom stereocenters. The molecule has 0 spiro atoms. The average Bonchev–Trinajstić information content (AvgIpc) is 2.86. The quantitative estimate of drug-likeness (QED) is 0.826. The van der Waals surface area contributed by atoms with Gasteiger partial charge < -0.3 is 10.2 Å². The third-order valence-electron chi connectivity index (χ3n) is 3.70. The summed E-state index contributed by atoms with van der Waals surface area (Å²) in [5.74, 6) is 0.0612. The monoisotopic (exact) mass is 264 g/mol. The number of hydrogen-bond acceptors (Lipinski definition) is 3. The van der Waals surface area contributed by atoms with Crippen molar-refractivity contribution in [2.24, 2.45) is 0 Å². The normalized spacial score (nSPS) is 23.4. The third kappa shape index (κ3) is 2.03. The van der Waals surface area contributed by atoms with Crippen molar-refractivity contribution in [2.45, 2.75) is 25.2 Å². The third-order valence-corrected chi connectivity index (χ3v) is 4.70. The maximum atomic E-state index is 12.5. The van der Waals surface area contributed by atoms with E-state index in [-0.39, 0.29) is 24.3 Å². The summed E-state index contributed by atoms with van der Waals surface area (Å²) in [7, 11) is 0. The number of nitrogens with one attached hydrogen (secondary N) is 1. The van der Waals surface area contributed by atoms with Crippen LogP contribution in [0.2, 0.25) is 0 Å². The molecule has 4 nitrogen and oxygen atoms in total. The second-order valence-corrected chi connectivity index (χ2v) is 5.85. The van der Waals surface area contributed by atoms with Crippen LogP contribution in [0.25, 0.3) is 0 Å². The average molecular weight is 264 g/mol. The Labute approximate surface area is 110 Å². The van der Waals surface area contributed by atoms with Crippen molar-refractivity contribution in [3.8, 4) is 0 Å². The van der Waals surface area contributed by atoms with Crippen LogP contribution in [-0.2, 0) is 16.0 Å². The highest BCUT2D eigenvalue weighted by molar-refractivity contribution is 7.10. The van der Waals surface area contributed by atoms with Crippen LogP contribution in [0.3, 0.4) is 0 Å². The van der Waals surface area contributed by atoms with Gasteiger partial charge >= 0.3 is 0 Å². The van der Waals surface area contributed by atoms with Crippen LogP contribution < -0.4 is 5.32 Å². The molecule has 18 heavy (non-hydrogen) atoms. The molecule has 0 saturated carbocycles. The fourth-order valence-electron chi connectivity index (χ4n) is 2.79. The molecule has 1 aromatic rings. The number of carbonyl (C=O) groups is 2. The molecule has 1 fully saturated rings. The Morgan fingerprint density at radius 3 is 3.22 bits per heavy atom. The minimum atomic E-state index is -0.0454. The van der Waals surface area contributed by atoms with Gasteiger partial charge in [-0.05, 0) is 36.3 Å². The highest BCUT2D eigenvalue weighted by atomic mass is 32.1. The van der Waals surface area contributed by atoms with Crippen LogP contribution in [0.4, 0.5) is 0 Å². The first-order valence-electron chi connectivity index (χ1n) is 6.37. The number of fused-ring (bicyclic) bond motifs is 1. The van der Waals surface area contributed by atoms with Crippen molar-refractivity contribution < 1.29 is 9.59 Å². The lowest BCUT2D eigenvalue weighted by Gasteiger charge is -2.31. The van der Waals surface area contributed by atoms with Crippen molar-refractivity contribution in [1.82, 2.24) is 10.2 Å². The maximum Gasteiger partial charge on any atom is 0.239 e. The van der Waals surface area contributed by atoms with Crippen LogP contribution in [0.5, 0.6) is 0 Å². The van der Waals surface area contributed by atoms with E-state index in [2.05, 4.69) is 16.8 Å². The molecule has 1 atom stereocenters. The summed E-state index contributed by atoms with van der Waals surface area (Å²) in [6, 6.07) is 2.08. The topological polar surface area (TPSA) is 49.4 Å². The number of piperazine rings is 1. The van der Waals surface area contributed by atoms with Gasteiger partial charge in [0, 0.05) is 18.0 Å². The summed E-state index contributed by atoms with van der Waals surface area (Å²) in [5.41, 5.74) is 1.20.